The van der Waals surface area contributed by atoms with E-state index >= 15 is 0 Å². The molecule has 1 unspecified atom stereocenters. The summed E-state index contributed by atoms with van der Waals surface area (Å²) in [7, 11) is 0. The van der Waals surface area contributed by atoms with Gasteiger partial charge in [-0.1, -0.05) is 35.3 Å². The number of hydrogen-bond donors (Lipinski definition) is 1. The molecule has 0 bridgehead atoms. The van der Waals surface area contributed by atoms with Crippen LogP contribution in [0.1, 0.15) is 28.5 Å². The molecule has 5 heteroatoms. The van der Waals surface area contributed by atoms with Crippen molar-refractivity contribution in [3.8, 4) is 0 Å². The summed E-state index contributed by atoms with van der Waals surface area (Å²) in [5.74, 6) is 0.297. The van der Waals surface area contributed by atoms with Crippen molar-refractivity contribution in [2.75, 3.05) is 5.73 Å². The van der Waals surface area contributed by atoms with Crippen LogP contribution in [-0.4, -0.2) is 4.98 Å². The Kier molecular flexibility index (Phi) is 2.77. The summed E-state index contributed by atoms with van der Waals surface area (Å²) >= 11 is 13.9. The van der Waals surface area contributed by atoms with Crippen LogP contribution in [0.4, 0.5) is 5.13 Å². The fourth-order valence-electron chi connectivity index (χ4n) is 2.33. The number of nitrogens with zero attached hydrogens (tertiary/aromatic N) is 1. The maximum Gasteiger partial charge on any atom is 0.180 e. The van der Waals surface area contributed by atoms with Gasteiger partial charge in [-0.2, -0.15) is 0 Å². The number of thiazole rings is 1. The Morgan fingerprint density at radius 1 is 1.35 bits per heavy atom. The van der Waals surface area contributed by atoms with E-state index in [1.807, 2.05) is 18.2 Å². The van der Waals surface area contributed by atoms with Crippen LogP contribution in [0.3, 0.4) is 0 Å². The molecule has 3 rings (SSSR count). The molecule has 88 valence electrons. The highest BCUT2D eigenvalue weighted by Gasteiger charge is 2.29. The Hall–Kier alpha value is -0.770. The van der Waals surface area contributed by atoms with Gasteiger partial charge in [0, 0.05) is 10.8 Å². The van der Waals surface area contributed by atoms with Crippen LogP contribution in [0.15, 0.2) is 18.2 Å². The van der Waals surface area contributed by atoms with Crippen LogP contribution in [0.25, 0.3) is 0 Å². The highest BCUT2D eigenvalue weighted by atomic mass is 35.5. The molecular weight excluding hydrogens is 275 g/mol. The van der Waals surface area contributed by atoms with Crippen molar-refractivity contribution in [1.29, 1.82) is 0 Å². The molecule has 2 aromatic rings. The molecule has 0 spiro atoms. The molecule has 0 amide bonds. The van der Waals surface area contributed by atoms with Gasteiger partial charge in [0.05, 0.1) is 15.7 Å². The zero-order valence-electron chi connectivity index (χ0n) is 8.91. The van der Waals surface area contributed by atoms with E-state index in [1.165, 1.54) is 4.88 Å². The van der Waals surface area contributed by atoms with Crippen molar-refractivity contribution in [3.63, 3.8) is 0 Å². The van der Waals surface area contributed by atoms with E-state index in [-0.39, 0.29) is 0 Å². The standard InChI is InChI=1S/C12H10Cl2N2S/c13-8-3-1-2-6(10(8)14)7-4-5-9-11(7)17-12(15)16-9/h1-3,7H,4-5H2,(H2,15,16). The van der Waals surface area contributed by atoms with Gasteiger partial charge in [-0.25, -0.2) is 4.98 Å². The SMILES string of the molecule is Nc1nc2c(s1)C(c1cccc(Cl)c1Cl)CC2. The summed E-state index contributed by atoms with van der Waals surface area (Å²) in [4.78, 5) is 5.58. The summed E-state index contributed by atoms with van der Waals surface area (Å²) in [6, 6.07) is 5.78. The molecule has 2 N–H and O–H groups in total. The maximum absolute atomic E-state index is 6.27. The van der Waals surface area contributed by atoms with Crippen LogP contribution >= 0.6 is 34.5 Å². The van der Waals surface area contributed by atoms with Gasteiger partial charge in [0.2, 0.25) is 0 Å². The van der Waals surface area contributed by atoms with E-state index in [0.717, 1.165) is 24.1 Å². The number of fused-ring (bicyclic) bond motifs is 1. The predicted octanol–water partition coefficient (Wildman–Crippen LogP) is 4.11. The zero-order chi connectivity index (χ0) is 12.0. The normalized spacial score (nSPS) is 18.4. The summed E-state index contributed by atoms with van der Waals surface area (Å²) in [6.07, 6.45) is 2.01. The highest BCUT2D eigenvalue weighted by Crippen LogP contribution is 2.45. The van der Waals surface area contributed by atoms with Gasteiger partial charge in [-0.3, -0.25) is 0 Å². The number of hydrogen-bond acceptors (Lipinski definition) is 3. The van der Waals surface area contributed by atoms with Crippen LogP contribution in [-0.2, 0) is 6.42 Å². The lowest BCUT2D eigenvalue weighted by atomic mass is 9.98. The first-order chi connectivity index (χ1) is 8.16. The molecule has 1 aromatic heterocycles. The Morgan fingerprint density at radius 3 is 3.00 bits per heavy atom. The summed E-state index contributed by atoms with van der Waals surface area (Å²) in [5, 5.41) is 1.90. The first-order valence-electron chi connectivity index (χ1n) is 5.36. The number of anilines is 1. The van der Waals surface area contributed by atoms with E-state index in [2.05, 4.69) is 4.98 Å². The molecule has 0 aliphatic heterocycles. The summed E-state index contributed by atoms with van der Waals surface area (Å²) in [6.45, 7) is 0. The van der Waals surface area contributed by atoms with E-state index in [4.69, 9.17) is 28.9 Å². The summed E-state index contributed by atoms with van der Waals surface area (Å²) < 4.78 is 0. The number of nitrogens with two attached hydrogens (primary N) is 1. The fourth-order valence-corrected chi connectivity index (χ4v) is 3.81. The third-order valence-electron chi connectivity index (χ3n) is 3.09. The number of nitrogen functional groups attached to an aromatic ring is 1. The average molecular weight is 285 g/mol. The molecule has 1 aliphatic carbocycles. The molecule has 17 heavy (non-hydrogen) atoms. The van der Waals surface area contributed by atoms with Crippen molar-refractivity contribution < 1.29 is 0 Å². The molecule has 1 aromatic carbocycles. The molecule has 0 fully saturated rings. The van der Waals surface area contributed by atoms with E-state index in [1.54, 1.807) is 11.3 Å². The molecule has 1 aliphatic rings. The van der Waals surface area contributed by atoms with Gasteiger partial charge < -0.3 is 5.73 Å². The second-order valence-electron chi connectivity index (χ2n) is 4.10. The quantitative estimate of drug-likeness (QED) is 0.856. The second-order valence-corrected chi connectivity index (χ2v) is 5.94. The van der Waals surface area contributed by atoms with E-state index in [9.17, 15) is 0 Å². The van der Waals surface area contributed by atoms with Gasteiger partial charge >= 0.3 is 0 Å². The second kappa shape index (κ2) is 4.16. The number of benzene rings is 1. The van der Waals surface area contributed by atoms with Crippen LogP contribution < -0.4 is 5.73 Å². The third kappa shape index (κ3) is 1.82. The van der Waals surface area contributed by atoms with Gasteiger partial charge in [0.15, 0.2) is 5.13 Å². The number of rotatable bonds is 1. The Labute approximate surface area is 113 Å². The molecular formula is C12H10Cl2N2S. The molecule has 2 nitrogen and oxygen atoms in total. The van der Waals surface area contributed by atoms with Gasteiger partial charge in [0.25, 0.3) is 0 Å². The van der Waals surface area contributed by atoms with Crippen molar-refractivity contribution in [2.45, 2.75) is 18.8 Å². The van der Waals surface area contributed by atoms with Gasteiger partial charge in [-0.05, 0) is 24.5 Å². The Balaban J connectivity index is 2.09. The Bertz CT molecular complexity index is 580. The molecule has 1 atom stereocenters. The fraction of sp³-hybridized carbons (Fsp3) is 0.250. The predicted molar refractivity (Wildman–Crippen MR) is 73.2 cm³/mol. The molecule has 0 saturated heterocycles. The first-order valence-corrected chi connectivity index (χ1v) is 6.93. The summed E-state index contributed by atoms with van der Waals surface area (Å²) in [5.41, 5.74) is 7.95. The minimum Gasteiger partial charge on any atom is -0.375 e. The first kappa shape index (κ1) is 11.3. The third-order valence-corrected chi connectivity index (χ3v) is 4.96. The smallest absolute Gasteiger partial charge is 0.180 e. The van der Waals surface area contributed by atoms with Crippen molar-refractivity contribution in [3.05, 3.63) is 44.4 Å². The average Bonchev–Trinajstić information content (AvgIpc) is 2.81. The zero-order valence-corrected chi connectivity index (χ0v) is 11.2. The Morgan fingerprint density at radius 2 is 2.18 bits per heavy atom. The lowest BCUT2D eigenvalue weighted by molar-refractivity contribution is 0.791. The van der Waals surface area contributed by atoms with Gasteiger partial charge in [0.1, 0.15) is 0 Å². The van der Waals surface area contributed by atoms with Crippen molar-refractivity contribution in [2.24, 2.45) is 0 Å². The number of halogens is 2. The van der Waals surface area contributed by atoms with E-state index in [0.29, 0.717) is 21.1 Å². The number of aryl methyl sites for hydroxylation is 1. The minimum atomic E-state index is 0.297. The number of aromatic nitrogens is 1. The lowest BCUT2D eigenvalue weighted by Gasteiger charge is -2.12. The molecule has 0 saturated carbocycles. The minimum absolute atomic E-state index is 0.297. The van der Waals surface area contributed by atoms with Gasteiger partial charge in [-0.15, -0.1) is 11.3 Å². The van der Waals surface area contributed by atoms with Crippen molar-refractivity contribution in [1.82, 2.24) is 4.98 Å². The highest BCUT2D eigenvalue weighted by molar-refractivity contribution is 7.15. The lowest BCUT2D eigenvalue weighted by Crippen LogP contribution is -1.95. The topological polar surface area (TPSA) is 38.9 Å². The van der Waals surface area contributed by atoms with Crippen LogP contribution in [0.5, 0.6) is 0 Å². The monoisotopic (exact) mass is 284 g/mol. The van der Waals surface area contributed by atoms with Crippen LogP contribution in [0.2, 0.25) is 10.0 Å². The largest absolute Gasteiger partial charge is 0.375 e. The molecule has 1 heterocycles. The van der Waals surface area contributed by atoms with E-state index < -0.39 is 0 Å². The molecule has 0 radical (unpaired) electrons. The van der Waals surface area contributed by atoms with Crippen molar-refractivity contribution >= 4 is 39.7 Å². The maximum atomic E-state index is 6.27. The van der Waals surface area contributed by atoms with Crippen LogP contribution in [0, 0.1) is 0 Å².